The normalized spacial score (nSPS) is 20.5. The first kappa shape index (κ1) is 27.9. The van der Waals surface area contributed by atoms with Gasteiger partial charge in [-0.15, -0.1) is 11.3 Å². The number of ether oxygens (including phenoxy) is 1. The smallest absolute Gasteiger partial charge is 0.333 e. The summed E-state index contributed by atoms with van der Waals surface area (Å²) in [5.41, 5.74) is -0.484. The Morgan fingerprint density at radius 2 is 1.94 bits per heavy atom. The molecule has 1 N–H and O–H groups in total. The topological polar surface area (TPSA) is 114 Å². The third-order valence-electron chi connectivity index (χ3n) is 6.14. The minimum absolute atomic E-state index is 0.0972. The van der Waals surface area contributed by atoms with Crippen molar-refractivity contribution >= 4 is 33.1 Å². The highest BCUT2D eigenvalue weighted by atomic mass is 32.2. The van der Waals surface area contributed by atoms with Gasteiger partial charge in [0, 0.05) is 23.4 Å². The van der Waals surface area contributed by atoms with Crippen LogP contribution in [-0.4, -0.2) is 59.9 Å². The molecule has 1 aromatic carbocycles. The minimum Gasteiger partial charge on any atom is -0.496 e. The molecular weight excluding hydrogens is 500 g/mol. The van der Waals surface area contributed by atoms with E-state index in [1.165, 1.54) is 29.4 Å². The van der Waals surface area contributed by atoms with Gasteiger partial charge in [-0.3, -0.25) is 4.79 Å². The number of amides is 1. The second kappa shape index (κ2) is 9.97. The molecule has 3 rings (SSSR count). The number of hydrogen-bond acceptors (Lipinski definition) is 7. The van der Waals surface area contributed by atoms with Gasteiger partial charge >= 0.3 is 5.97 Å². The molecule has 8 nitrogen and oxygen atoms in total. The van der Waals surface area contributed by atoms with Crippen molar-refractivity contribution in [2.75, 3.05) is 19.1 Å². The van der Waals surface area contributed by atoms with Gasteiger partial charge in [-0.1, -0.05) is 40.7 Å². The summed E-state index contributed by atoms with van der Waals surface area (Å²) in [4.78, 5) is 32.8. The van der Waals surface area contributed by atoms with Crippen LogP contribution in [0.5, 0.6) is 5.75 Å². The van der Waals surface area contributed by atoms with E-state index in [4.69, 9.17) is 4.74 Å². The zero-order valence-corrected chi connectivity index (χ0v) is 23.4. The Balaban J connectivity index is 2.26. The molecule has 0 fully saturated rings. The third-order valence-corrected chi connectivity index (χ3v) is 7.83. The molecule has 1 aromatic heterocycles. The second-order valence-corrected chi connectivity index (χ2v) is 13.8. The van der Waals surface area contributed by atoms with Gasteiger partial charge in [-0.05, 0) is 47.1 Å². The Morgan fingerprint density at radius 1 is 1.28 bits per heavy atom. The number of hydrogen-bond donors (Lipinski definition) is 1. The number of thiazole rings is 1. The monoisotopic (exact) mass is 534 g/mol. The standard InChI is InChI=1S/C26H34N2O6S2/c1-16(2)13-26(24(30)31)14-18(15-36(7,32)33)21(22-27-10-11-35-22)28(26)23(29)17-8-9-19(25(3,4)5)20(12-17)34-6/h8-12,14,16,21H,13,15H2,1-7H3,(H,30,31)/t21-,26+/m1/s1. The predicted molar refractivity (Wildman–Crippen MR) is 140 cm³/mol. The van der Waals surface area contributed by atoms with Gasteiger partial charge < -0.3 is 14.7 Å². The van der Waals surface area contributed by atoms with Gasteiger partial charge in [-0.2, -0.15) is 0 Å². The zero-order valence-electron chi connectivity index (χ0n) is 21.7. The van der Waals surface area contributed by atoms with E-state index in [1.54, 1.807) is 23.7 Å². The molecule has 1 aliphatic rings. The minimum atomic E-state index is -3.52. The van der Waals surface area contributed by atoms with E-state index in [0.717, 1.165) is 11.8 Å². The maximum absolute atomic E-state index is 14.2. The molecule has 2 aromatic rings. The number of carboxylic acid groups (broad SMARTS) is 1. The van der Waals surface area contributed by atoms with E-state index in [9.17, 15) is 23.1 Å². The van der Waals surface area contributed by atoms with Crippen molar-refractivity contribution in [2.45, 2.75) is 58.0 Å². The van der Waals surface area contributed by atoms with Crippen molar-refractivity contribution in [1.29, 1.82) is 0 Å². The Bertz CT molecular complexity index is 1280. The van der Waals surface area contributed by atoms with Crippen LogP contribution >= 0.6 is 11.3 Å². The molecule has 0 spiro atoms. The van der Waals surface area contributed by atoms with E-state index in [-0.39, 0.29) is 29.1 Å². The van der Waals surface area contributed by atoms with Crippen LogP contribution in [0.15, 0.2) is 41.4 Å². The van der Waals surface area contributed by atoms with Crippen LogP contribution in [0.25, 0.3) is 0 Å². The van der Waals surface area contributed by atoms with E-state index < -0.39 is 33.3 Å². The maximum atomic E-state index is 14.2. The summed E-state index contributed by atoms with van der Waals surface area (Å²) < 4.78 is 30.3. The Labute approximate surface area is 216 Å². The van der Waals surface area contributed by atoms with Crippen molar-refractivity contribution in [3.05, 3.63) is 57.6 Å². The largest absolute Gasteiger partial charge is 0.496 e. The number of carbonyl (C=O) groups is 2. The van der Waals surface area contributed by atoms with Crippen molar-refractivity contribution < 1.29 is 27.9 Å². The molecular formula is C26H34N2O6S2. The molecule has 0 radical (unpaired) electrons. The van der Waals surface area contributed by atoms with Crippen LogP contribution in [0.2, 0.25) is 0 Å². The first-order chi connectivity index (χ1) is 16.6. The number of sulfone groups is 1. The first-order valence-electron chi connectivity index (χ1n) is 11.6. The van der Waals surface area contributed by atoms with Crippen molar-refractivity contribution in [3.8, 4) is 5.75 Å². The average molecular weight is 535 g/mol. The van der Waals surface area contributed by atoms with Gasteiger partial charge in [0.15, 0.2) is 15.4 Å². The van der Waals surface area contributed by atoms with E-state index in [2.05, 4.69) is 4.98 Å². The number of aromatic nitrogens is 1. The molecule has 1 amide bonds. The molecule has 0 saturated carbocycles. The van der Waals surface area contributed by atoms with Gasteiger partial charge in [0.1, 0.15) is 16.8 Å². The summed E-state index contributed by atoms with van der Waals surface area (Å²) >= 11 is 1.25. The fourth-order valence-corrected chi connectivity index (χ4v) is 6.44. The van der Waals surface area contributed by atoms with Gasteiger partial charge in [-0.25, -0.2) is 18.2 Å². The quantitative estimate of drug-likeness (QED) is 0.497. The third kappa shape index (κ3) is 5.49. The van der Waals surface area contributed by atoms with E-state index in [0.29, 0.717) is 16.3 Å². The number of aliphatic carboxylic acids is 1. The molecule has 10 heteroatoms. The van der Waals surface area contributed by atoms with Crippen LogP contribution in [0.1, 0.15) is 68.0 Å². The van der Waals surface area contributed by atoms with Crippen molar-refractivity contribution in [2.24, 2.45) is 5.92 Å². The van der Waals surface area contributed by atoms with Gasteiger partial charge in [0.2, 0.25) is 0 Å². The van der Waals surface area contributed by atoms with E-state index >= 15 is 0 Å². The summed E-state index contributed by atoms with van der Waals surface area (Å²) in [6, 6.07) is 4.19. The number of carbonyl (C=O) groups excluding carboxylic acids is 1. The summed E-state index contributed by atoms with van der Waals surface area (Å²) in [5.74, 6) is -1.70. The predicted octanol–water partition coefficient (Wildman–Crippen LogP) is 4.49. The lowest BCUT2D eigenvalue weighted by Gasteiger charge is -2.39. The van der Waals surface area contributed by atoms with Crippen LogP contribution in [-0.2, 0) is 20.0 Å². The lowest BCUT2D eigenvalue weighted by molar-refractivity contribution is -0.147. The zero-order chi connectivity index (χ0) is 27.1. The maximum Gasteiger partial charge on any atom is 0.333 e. The summed E-state index contributed by atoms with van der Waals surface area (Å²) in [6.45, 7) is 9.84. The Hall–Kier alpha value is -2.72. The molecule has 36 heavy (non-hydrogen) atoms. The Morgan fingerprint density at radius 3 is 2.42 bits per heavy atom. The highest BCUT2D eigenvalue weighted by Crippen LogP contribution is 2.47. The molecule has 2 atom stereocenters. The molecule has 2 heterocycles. The molecule has 1 aliphatic heterocycles. The number of rotatable bonds is 8. The van der Waals surface area contributed by atoms with Crippen LogP contribution < -0.4 is 4.74 Å². The molecule has 0 aliphatic carbocycles. The summed E-state index contributed by atoms with van der Waals surface area (Å²) in [6.07, 6.45) is 4.23. The highest BCUT2D eigenvalue weighted by Gasteiger charge is 2.55. The molecule has 0 bridgehead atoms. The van der Waals surface area contributed by atoms with E-state index in [1.807, 2.05) is 40.7 Å². The average Bonchev–Trinajstić information content (AvgIpc) is 3.37. The number of benzene rings is 1. The Kier molecular flexibility index (Phi) is 7.72. The molecule has 0 saturated heterocycles. The van der Waals surface area contributed by atoms with Crippen LogP contribution in [0.3, 0.4) is 0 Å². The summed E-state index contributed by atoms with van der Waals surface area (Å²) in [5, 5.41) is 12.7. The molecule has 0 unspecified atom stereocenters. The van der Waals surface area contributed by atoms with Crippen LogP contribution in [0, 0.1) is 5.92 Å². The SMILES string of the molecule is COc1cc(C(=O)N2[C@@H](c3nccs3)C(CS(C)(=O)=O)=C[C@@]2(CC(C)C)C(=O)O)ccc1C(C)(C)C. The fourth-order valence-electron chi connectivity index (χ4n) is 4.83. The summed E-state index contributed by atoms with van der Waals surface area (Å²) in [7, 11) is -2.00. The van der Waals surface area contributed by atoms with Crippen LogP contribution in [0.4, 0.5) is 0 Å². The lowest BCUT2D eigenvalue weighted by Crippen LogP contribution is -2.54. The van der Waals surface area contributed by atoms with Gasteiger partial charge in [0.25, 0.3) is 5.91 Å². The lowest BCUT2D eigenvalue weighted by atomic mass is 9.85. The number of carboxylic acids is 1. The van der Waals surface area contributed by atoms with Gasteiger partial charge in [0.05, 0.1) is 12.9 Å². The molecule has 196 valence electrons. The fraction of sp³-hybridized carbons (Fsp3) is 0.500. The van der Waals surface area contributed by atoms with Crippen molar-refractivity contribution in [1.82, 2.24) is 9.88 Å². The van der Waals surface area contributed by atoms with Crippen molar-refractivity contribution in [3.63, 3.8) is 0 Å². The second-order valence-electron chi connectivity index (χ2n) is 10.7. The number of methoxy groups -OCH3 is 1. The first-order valence-corrected chi connectivity index (χ1v) is 14.6. The highest BCUT2D eigenvalue weighted by molar-refractivity contribution is 7.90. The number of nitrogens with zero attached hydrogens (tertiary/aromatic N) is 2.